The topological polar surface area (TPSA) is 12.9 Å². The Labute approximate surface area is 113 Å². The quantitative estimate of drug-likeness (QED) is 0.755. The average Bonchev–Trinajstić information content (AvgIpc) is 2.38. The van der Waals surface area contributed by atoms with Gasteiger partial charge in [-0.25, -0.2) is 8.78 Å². The van der Waals surface area contributed by atoms with Crippen molar-refractivity contribution in [3.63, 3.8) is 0 Å². The molecule has 0 spiro atoms. The highest BCUT2D eigenvalue weighted by Crippen LogP contribution is 2.37. The lowest BCUT2D eigenvalue weighted by molar-refractivity contribution is 0.563. The molecule has 0 aliphatic carbocycles. The van der Waals surface area contributed by atoms with Gasteiger partial charge in [-0.05, 0) is 18.2 Å². The van der Waals surface area contributed by atoms with Gasteiger partial charge in [-0.3, -0.25) is 4.98 Å². The second-order valence-corrected chi connectivity index (χ2v) is 5.10. The standard InChI is InChI=1S/C14H12BrF2N/c1-9(13-4-2-3-7-18-13)14(15)11-6-5-10(16)8-12(11)17/h2-9,14H,1H3. The molecule has 18 heavy (non-hydrogen) atoms. The molecule has 2 atom stereocenters. The summed E-state index contributed by atoms with van der Waals surface area (Å²) in [6.07, 6.45) is 1.70. The Kier molecular flexibility index (Phi) is 4.07. The Balaban J connectivity index is 2.28. The van der Waals surface area contributed by atoms with Crippen LogP contribution < -0.4 is 0 Å². The molecule has 0 N–H and O–H groups in total. The number of hydrogen-bond acceptors (Lipinski definition) is 1. The molecule has 1 aromatic heterocycles. The lowest BCUT2D eigenvalue weighted by Crippen LogP contribution is -2.06. The van der Waals surface area contributed by atoms with Crippen molar-refractivity contribution in [2.45, 2.75) is 17.7 Å². The smallest absolute Gasteiger partial charge is 0.130 e. The number of aromatic nitrogens is 1. The molecule has 4 heteroatoms. The molecule has 0 aliphatic heterocycles. The molecule has 1 heterocycles. The monoisotopic (exact) mass is 311 g/mol. The third-order valence-corrected chi connectivity index (χ3v) is 4.14. The molecular formula is C14H12BrF2N. The van der Waals surface area contributed by atoms with Gasteiger partial charge in [-0.15, -0.1) is 0 Å². The minimum absolute atomic E-state index is 0.00818. The van der Waals surface area contributed by atoms with Crippen molar-refractivity contribution in [3.8, 4) is 0 Å². The Morgan fingerprint density at radius 2 is 1.94 bits per heavy atom. The minimum Gasteiger partial charge on any atom is -0.261 e. The highest BCUT2D eigenvalue weighted by Gasteiger charge is 2.22. The maximum absolute atomic E-state index is 13.7. The largest absolute Gasteiger partial charge is 0.261 e. The van der Waals surface area contributed by atoms with Crippen LogP contribution in [0.4, 0.5) is 8.78 Å². The third kappa shape index (κ3) is 2.75. The zero-order valence-electron chi connectivity index (χ0n) is 9.78. The van der Waals surface area contributed by atoms with Crippen LogP contribution >= 0.6 is 15.9 Å². The number of pyridine rings is 1. The van der Waals surface area contributed by atoms with Crippen molar-refractivity contribution >= 4 is 15.9 Å². The van der Waals surface area contributed by atoms with Gasteiger partial charge in [0.1, 0.15) is 11.6 Å². The summed E-state index contributed by atoms with van der Waals surface area (Å²) in [6.45, 7) is 1.95. The summed E-state index contributed by atoms with van der Waals surface area (Å²) in [5.74, 6) is -1.12. The fraction of sp³-hybridized carbons (Fsp3) is 0.214. The zero-order chi connectivity index (χ0) is 13.1. The van der Waals surface area contributed by atoms with E-state index < -0.39 is 11.6 Å². The lowest BCUT2D eigenvalue weighted by atomic mass is 9.97. The van der Waals surface area contributed by atoms with Gasteiger partial charge in [0.25, 0.3) is 0 Å². The first-order valence-corrected chi connectivity index (χ1v) is 6.51. The predicted molar refractivity (Wildman–Crippen MR) is 70.7 cm³/mol. The van der Waals surface area contributed by atoms with E-state index in [0.717, 1.165) is 11.8 Å². The molecule has 2 aromatic rings. The van der Waals surface area contributed by atoms with Crippen molar-refractivity contribution in [3.05, 3.63) is 65.5 Å². The van der Waals surface area contributed by atoms with E-state index in [9.17, 15) is 8.78 Å². The van der Waals surface area contributed by atoms with E-state index in [2.05, 4.69) is 20.9 Å². The van der Waals surface area contributed by atoms with E-state index in [4.69, 9.17) is 0 Å². The van der Waals surface area contributed by atoms with Crippen molar-refractivity contribution in [2.24, 2.45) is 0 Å². The fourth-order valence-electron chi connectivity index (χ4n) is 1.79. The van der Waals surface area contributed by atoms with E-state index in [1.165, 1.54) is 12.1 Å². The van der Waals surface area contributed by atoms with Gasteiger partial charge in [0.05, 0.1) is 4.83 Å². The van der Waals surface area contributed by atoms with E-state index in [0.29, 0.717) is 5.56 Å². The Morgan fingerprint density at radius 3 is 2.56 bits per heavy atom. The van der Waals surface area contributed by atoms with Crippen molar-refractivity contribution < 1.29 is 8.78 Å². The summed E-state index contributed by atoms with van der Waals surface area (Å²) < 4.78 is 26.6. The third-order valence-electron chi connectivity index (χ3n) is 2.85. The first-order chi connectivity index (χ1) is 8.59. The first-order valence-electron chi connectivity index (χ1n) is 5.59. The summed E-state index contributed by atoms with van der Waals surface area (Å²) >= 11 is 3.46. The molecule has 1 nitrogen and oxygen atoms in total. The summed E-state index contributed by atoms with van der Waals surface area (Å²) in [6, 6.07) is 9.23. The van der Waals surface area contributed by atoms with Crippen molar-refractivity contribution in [2.75, 3.05) is 0 Å². The van der Waals surface area contributed by atoms with Crippen LogP contribution in [0.3, 0.4) is 0 Å². The van der Waals surface area contributed by atoms with E-state index in [-0.39, 0.29) is 10.7 Å². The number of halogens is 3. The normalized spacial score (nSPS) is 14.2. The molecule has 0 saturated heterocycles. The van der Waals surface area contributed by atoms with Crippen LogP contribution in [-0.2, 0) is 0 Å². The predicted octanol–water partition coefficient (Wildman–Crippen LogP) is 4.60. The second kappa shape index (κ2) is 5.57. The fourth-order valence-corrected chi connectivity index (χ4v) is 2.43. The van der Waals surface area contributed by atoms with Crippen LogP contribution in [0.15, 0.2) is 42.6 Å². The van der Waals surface area contributed by atoms with Gasteiger partial charge >= 0.3 is 0 Å². The summed E-state index contributed by atoms with van der Waals surface area (Å²) in [4.78, 5) is 4.00. The number of benzene rings is 1. The Morgan fingerprint density at radius 1 is 1.17 bits per heavy atom. The zero-order valence-corrected chi connectivity index (χ0v) is 11.4. The highest BCUT2D eigenvalue weighted by molar-refractivity contribution is 9.09. The molecule has 94 valence electrons. The number of hydrogen-bond donors (Lipinski definition) is 0. The minimum atomic E-state index is -0.568. The molecule has 0 amide bonds. The van der Waals surface area contributed by atoms with Gasteiger partial charge in [-0.2, -0.15) is 0 Å². The van der Waals surface area contributed by atoms with Crippen LogP contribution in [0.2, 0.25) is 0 Å². The summed E-state index contributed by atoms with van der Waals surface area (Å²) in [7, 11) is 0. The van der Waals surface area contributed by atoms with Crippen LogP contribution in [0.1, 0.15) is 28.9 Å². The van der Waals surface area contributed by atoms with E-state index in [1.807, 2.05) is 25.1 Å². The highest BCUT2D eigenvalue weighted by atomic mass is 79.9. The van der Waals surface area contributed by atoms with Gasteiger partial charge in [0.15, 0.2) is 0 Å². The number of alkyl halides is 1. The van der Waals surface area contributed by atoms with Crippen molar-refractivity contribution in [1.82, 2.24) is 4.98 Å². The van der Waals surface area contributed by atoms with Crippen LogP contribution in [0, 0.1) is 11.6 Å². The second-order valence-electron chi connectivity index (χ2n) is 4.11. The molecule has 2 rings (SSSR count). The number of rotatable bonds is 3. The first kappa shape index (κ1) is 13.1. The van der Waals surface area contributed by atoms with Gasteiger partial charge in [-0.1, -0.05) is 35.0 Å². The molecule has 0 bridgehead atoms. The van der Waals surface area contributed by atoms with Crippen molar-refractivity contribution in [1.29, 1.82) is 0 Å². The summed E-state index contributed by atoms with van der Waals surface area (Å²) in [5, 5.41) is 0. The van der Waals surface area contributed by atoms with Crippen LogP contribution in [0.25, 0.3) is 0 Å². The SMILES string of the molecule is CC(c1ccccn1)C(Br)c1ccc(F)cc1F. The van der Waals surface area contributed by atoms with Crippen LogP contribution in [0.5, 0.6) is 0 Å². The average molecular weight is 312 g/mol. The maximum atomic E-state index is 13.7. The molecular weight excluding hydrogens is 300 g/mol. The molecule has 0 radical (unpaired) electrons. The van der Waals surface area contributed by atoms with Gasteiger partial charge in [0, 0.05) is 29.4 Å². The molecule has 0 aliphatic rings. The lowest BCUT2D eigenvalue weighted by Gasteiger charge is -2.18. The van der Waals surface area contributed by atoms with Crippen LogP contribution in [-0.4, -0.2) is 4.98 Å². The number of nitrogens with zero attached hydrogens (tertiary/aromatic N) is 1. The molecule has 0 fully saturated rings. The van der Waals surface area contributed by atoms with E-state index in [1.54, 1.807) is 6.20 Å². The molecule has 0 saturated carbocycles. The maximum Gasteiger partial charge on any atom is 0.130 e. The molecule has 1 aromatic carbocycles. The van der Waals surface area contributed by atoms with Gasteiger partial charge in [0.2, 0.25) is 0 Å². The summed E-state index contributed by atoms with van der Waals surface area (Å²) in [5.41, 5.74) is 1.30. The molecule has 2 unspecified atom stereocenters. The van der Waals surface area contributed by atoms with E-state index >= 15 is 0 Å². The Bertz CT molecular complexity index is 531. The Hall–Kier alpha value is -1.29. The van der Waals surface area contributed by atoms with Gasteiger partial charge < -0.3 is 0 Å².